The molecule has 6 aliphatic carbocycles. The van der Waals surface area contributed by atoms with Crippen LogP contribution in [0.25, 0.3) is 0 Å². The van der Waals surface area contributed by atoms with Crippen molar-refractivity contribution in [1.82, 2.24) is 0 Å². The Hall–Kier alpha value is 1.15. The second kappa shape index (κ2) is 19.1. The van der Waals surface area contributed by atoms with Crippen LogP contribution in [0.1, 0.15) is 160 Å². The van der Waals surface area contributed by atoms with E-state index in [0.717, 1.165) is 5.56 Å². The number of hydrogen-bond donors (Lipinski definition) is 0. The van der Waals surface area contributed by atoms with Crippen molar-refractivity contribution < 1.29 is 13.5 Å². The van der Waals surface area contributed by atoms with Gasteiger partial charge >= 0.3 is 73.4 Å². The molecule has 42 heavy (non-hydrogen) atoms. The average Bonchev–Trinajstić information content (AvgIpc) is 3.86. The van der Waals surface area contributed by atoms with E-state index in [2.05, 4.69) is 0 Å². The van der Waals surface area contributed by atoms with Crippen molar-refractivity contribution in [3.05, 3.63) is 35.9 Å². The first-order chi connectivity index (χ1) is 20.7. The summed E-state index contributed by atoms with van der Waals surface area (Å²) >= 11 is -1.61. The molecule has 0 radical (unpaired) electrons. The zero-order valence-corrected chi connectivity index (χ0v) is 31.4. The van der Waals surface area contributed by atoms with Gasteiger partial charge in [0.1, 0.15) is 0 Å². The SMILES string of the molecule is C1CCC(P(C2CCCC2)C2CCCC2)C1.C1CCC(P(C2CCCC2)C2CCCC2)C1.[Cl][Ru]([Cl])=[CH]c1ccccc1. The molecule has 0 amide bonds. The molecule has 0 unspecified atom stereocenters. The molecule has 240 valence electrons. The number of hydrogen-bond acceptors (Lipinski definition) is 0. The molecular formula is C37H60Cl2P2Ru. The molecular weight excluding hydrogens is 678 g/mol. The summed E-state index contributed by atoms with van der Waals surface area (Å²) in [5, 5.41) is 0. The summed E-state index contributed by atoms with van der Waals surface area (Å²) in [5.41, 5.74) is 8.37. The first-order valence-electron chi connectivity index (χ1n) is 18.1. The van der Waals surface area contributed by atoms with Crippen molar-refractivity contribution in [2.75, 3.05) is 0 Å². The van der Waals surface area contributed by atoms with Gasteiger partial charge in [0.15, 0.2) is 0 Å². The Labute approximate surface area is 275 Å². The minimum atomic E-state index is -1.61. The van der Waals surface area contributed by atoms with E-state index in [-0.39, 0.29) is 0 Å². The fourth-order valence-electron chi connectivity index (χ4n) is 9.61. The van der Waals surface area contributed by atoms with Crippen LogP contribution in [0.15, 0.2) is 30.3 Å². The fourth-order valence-corrected chi connectivity index (χ4v) is 20.8. The van der Waals surface area contributed by atoms with Crippen molar-refractivity contribution in [2.45, 2.75) is 188 Å². The van der Waals surface area contributed by atoms with Gasteiger partial charge in [-0.1, -0.05) is 92.9 Å². The molecule has 0 spiro atoms. The molecule has 0 aromatic heterocycles. The zero-order chi connectivity index (χ0) is 29.0. The van der Waals surface area contributed by atoms with Crippen molar-refractivity contribution >= 4 is 39.8 Å². The van der Waals surface area contributed by atoms with Crippen molar-refractivity contribution in [3.8, 4) is 0 Å². The number of halogens is 2. The van der Waals surface area contributed by atoms with Crippen LogP contribution in [0, 0.1) is 0 Å². The van der Waals surface area contributed by atoms with E-state index >= 15 is 0 Å². The molecule has 1 aromatic carbocycles. The fraction of sp³-hybridized carbons (Fsp3) is 0.811. The molecule has 0 nitrogen and oxygen atoms in total. The predicted molar refractivity (Wildman–Crippen MR) is 191 cm³/mol. The first kappa shape index (κ1) is 34.5. The van der Waals surface area contributed by atoms with Crippen LogP contribution in [0.3, 0.4) is 0 Å². The van der Waals surface area contributed by atoms with E-state index in [4.69, 9.17) is 19.4 Å². The minimum absolute atomic E-state index is 0.436. The molecule has 0 heterocycles. The van der Waals surface area contributed by atoms with Crippen LogP contribution in [0.4, 0.5) is 0 Å². The normalized spacial score (nSPS) is 25.3. The van der Waals surface area contributed by atoms with Crippen LogP contribution in [-0.2, 0) is 13.5 Å². The van der Waals surface area contributed by atoms with Gasteiger partial charge < -0.3 is 0 Å². The Morgan fingerprint density at radius 3 is 0.881 bits per heavy atom. The molecule has 0 aliphatic heterocycles. The summed E-state index contributed by atoms with van der Waals surface area (Å²) in [5.74, 6) is 0. The third-order valence-electron chi connectivity index (χ3n) is 11.5. The number of benzene rings is 1. The Morgan fingerprint density at radius 2 is 0.667 bits per heavy atom. The molecule has 0 bridgehead atoms. The third-order valence-corrected chi connectivity index (χ3v) is 21.5. The van der Waals surface area contributed by atoms with Crippen molar-refractivity contribution in [3.63, 3.8) is 0 Å². The van der Waals surface area contributed by atoms with Crippen molar-refractivity contribution in [2.24, 2.45) is 0 Å². The Balaban J connectivity index is 0.000000130. The van der Waals surface area contributed by atoms with Gasteiger partial charge in [0.2, 0.25) is 0 Å². The summed E-state index contributed by atoms with van der Waals surface area (Å²) in [4.78, 5) is 0. The zero-order valence-electron chi connectivity index (χ0n) is 26.4. The summed E-state index contributed by atoms with van der Waals surface area (Å²) in [6.07, 6.45) is 38.0. The van der Waals surface area contributed by atoms with E-state index in [1.54, 1.807) is 154 Å². The Bertz CT molecular complexity index is 762. The van der Waals surface area contributed by atoms with E-state index in [0.29, 0.717) is 15.8 Å². The van der Waals surface area contributed by atoms with E-state index in [9.17, 15) is 0 Å². The van der Waals surface area contributed by atoms with Crippen LogP contribution in [0.2, 0.25) is 0 Å². The summed E-state index contributed by atoms with van der Waals surface area (Å²) in [6, 6.07) is 9.89. The molecule has 0 N–H and O–H groups in total. The van der Waals surface area contributed by atoms with Gasteiger partial charge in [-0.15, -0.1) is 0 Å². The second-order valence-corrected chi connectivity index (χ2v) is 26.1. The topological polar surface area (TPSA) is 0 Å². The maximum absolute atomic E-state index is 5.67. The van der Waals surface area contributed by atoms with Gasteiger partial charge in [0.05, 0.1) is 0 Å². The maximum atomic E-state index is 5.67. The quantitative estimate of drug-likeness (QED) is 0.193. The second-order valence-electron chi connectivity index (χ2n) is 14.2. The van der Waals surface area contributed by atoms with E-state index in [1.165, 1.54) is 34.0 Å². The molecule has 0 saturated heterocycles. The molecule has 0 atom stereocenters. The monoisotopic (exact) mass is 738 g/mol. The molecule has 6 aliphatic rings. The summed E-state index contributed by atoms with van der Waals surface area (Å²) in [6.45, 7) is 0. The van der Waals surface area contributed by atoms with Crippen molar-refractivity contribution in [1.29, 1.82) is 0 Å². The van der Waals surface area contributed by atoms with Gasteiger partial charge in [-0.3, -0.25) is 0 Å². The van der Waals surface area contributed by atoms with Crippen LogP contribution >= 0.6 is 35.2 Å². The molecule has 7 rings (SSSR count). The molecule has 6 fully saturated rings. The van der Waals surface area contributed by atoms with Gasteiger partial charge in [0.25, 0.3) is 0 Å². The number of rotatable bonds is 7. The molecule has 1 aromatic rings. The van der Waals surface area contributed by atoms with Gasteiger partial charge in [0, 0.05) is 0 Å². The average molecular weight is 739 g/mol. The Morgan fingerprint density at radius 1 is 0.429 bits per heavy atom. The van der Waals surface area contributed by atoms with Crippen LogP contribution in [0.5, 0.6) is 0 Å². The van der Waals surface area contributed by atoms with E-state index < -0.39 is 13.5 Å². The summed E-state index contributed by atoms with van der Waals surface area (Å²) < 4.78 is 1.92. The standard InChI is InChI=1S/2C15H27P.C7H6.2ClH.Ru/c2*1-2-8-13(7-1)16(14-9-3-4-10-14)15-11-5-6-12-15;1-7-5-3-2-4-6-7;;;/h2*13-15H,1-12H2;1-6H;2*1H;/q;;;;;+2/p-2. The first-order valence-corrected chi connectivity index (χ1v) is 26.7. The van der Waals surface area contributed by atoms with Gasteiger partial charge in [-0.05, 0) is 111 Å². The molecule has 5 heteroatoms. The van der Waals surface area contributed by atoms with Crippen LogP contribution < -0.4 is 0 Å². The summed E-state index contributed by atoms with van der Waals surface area (Å²) in [7, 11) is 12.2. The predicted octanol–water partition coefficient (Wildman–Crippen LogP) is 13.4. The van der Waals surface area contributed by atoms with Gasteiger partial charge in [-0.2, -0.15) is 0 Å². The van der Waals surface area contributed by atoms with E-state index in [1.807, 2.05) is 34.9 Å². The molecule has 6 saturated carbocycles. The third kappa shape index (κ3) is 10.6. The van der Waals surface area contributed by atoms with Crippen LogP contribution in [-0.4, -0.2) is 38.6 Å². The van der Waals surface area contributed by atoms with Gasteiger partial charge in [-0.25, -0.2) is 0 Å². The Kier molecular flexibility index (Phi) is 15.7.